The Morgan fingerprint density at radius 3 is 2.77 bits per heavy atom. The number of benzene rings is 1. The minimum absolute atomic E-state index is 0.0244. The van der Waals surface area contributed by atoms with Crippen molar-refractivity contribution < 1.29 is 9.72 Å². The van der Waals surface area contributed by atoms with Crippen molar-refractivity contribution in [2.75, 3.05) is 5.32 Å². The third kappa shape index (κ3) is 2.88. The van der Waals surface area contributed by atoms with Crippen LogP contribution in [0.2, 0.25) is 0 Å². The summed E-state index contributed by atoms with van der Waals surface area (Å²) in [5.41, 5.74) is 1.20. The molecular formula is C21H22N6O3S. The largest absolute Gasteiger partial charge is 0.490 e. The van der Waals surface area contributed by atoms with Gasteiger partial charge in [-0.15, -0.1) is 0 Å². The third-order valence-corrected chi connectivity index (χ3v) is 8.34. The lowest BCUT2D eigenvalue weighted by molar-refractivity contribution is -0.394. The summed E-state index contributed by atoms with van der Waals surface area (Å²) < 4.78 is 2.75. The second-order valence-electron chi connectivity index (χ2n) is 9.66. The highest BCUT2D eigenvalue weighted by Crippen LogP contribution is 2.64. The van der Waals surface area contributed by atoms with E-state index in [0.29, 0.717) is 23.4 Å². The molecule has 0 saturated heterocycles. The molecule has 2 heterocycles. The average Bonchev–Trinajstić information content (AvgIpc) is 3.34. The first-order valence-electron chi connectivity index (χ1n) is 10.6. The van der Waals surface area contributed by atoms with Crippen LogP contribution in [-0.2, 0) is 10.3 Å². The van der Waals surface area contributed by atoms with Gasteiger partial charge in [-0.3, -0.25) is 4.79 Å². The number of aryl methyl sites for hydroxylation is 1. The van der Waals surface area contributed by atoms with E-state index in [4.69, 9.17) is 0 Å². The van der Waals surface area contributed by atoms with E-state index in [2.05, 4.69) is 26.4 Å². The number of hydrogen-bond acceptors (Lipinski definition) is 7. The lowest BCUT2D eigenvalue weighted by Gasteiger charge is -2.60. The maximum Gasteiger partial charge on any atom is 0.490 e. The minimum Gasteiger partial charge on any atom is -0.390 e. The smallest absolute Gasteiger partial charge is 0.390 e. The van der Waals surface area contributed by atoms with Gasteiger partial charge >= 0.3 is 5.95 Å². The normalized spacial score (nSPS) is 31.3. The Hall–Kier alpha value is -2.88. The number of thiazole rings is 1. The highest BCUT2D eigenvalue weighted by atomic mass is 32.1. The van der Waals surface area contributed by atoms with Gasteiger partial charge in [0.2, 0.25) is 12.2 Å². The molecule has 0 aliphatic heterocycles. The van der Waals surface area contributed by atoms with Crippen molar-refractivity contribution in [3.63, 3.8) is 0 Å². The SMILES string of the molecule is Cc1ccc2nc(NC(=O)C34CC5CC(C3)CC(n3cnc([N+](=O)[O-])n3)(C5)C4)sc2c1. The molecule has 31 heavy (non-hydrogen) atoms. The maximum absolute atomic E-state index is 13.6. The summed E-state index contributed by atoms with van der Waals surface area (Å²) in [7, 11) is 0. The highest BCUT2D eigenvalue weighted by Gasteiger charge is 2.62. The predicted molar refractivity (Wildman–Crippen MR) is 115 cm³/mol. The fourth-order valence-electron chi connectivity index (χ4n) is 6.63. The molecule has 4 saturated carbocycles. The van der Waals surface area contributed by atoms with Crippen LogP contribution in [0.25, 0.3) is 10.2 Å². The molecule has 2 atom stereocenters. The number of fused-ring (bicyclic) bond motifs is 1. The molecular weight excluding hydrogens is 416 g/mol. The fourth-order valence-corrected chi connectivity index (χ4v) is 7.59. The van der Waals surface area contributed by atoms with Crippen LogP contribution < -0.4 is 5.32 Å². The van der Waals surface area contributed by atoms with E-state index in [0.717, 1.165) is 42.3 Å². The molecule has 1 aromatic carbocycles. The second kappa shape index (κ2) is 6.32. The van der Waals surface area contributed by atoms with Gasteiger partial charge in [-0.2, -0.15) is 4.68 Å². The summed E-state index contributed by atoms with van der Waals surface area (Å²) in [5.74, 6) is 0.497. The summed E-state index contributed by atoms with van der Waals surface area (Å²) in [6.45, 7) is 2.04. The molecule has 4 bridgehead atoms. The number of rotatable bonds is 4. The summed E-state index contributed by atoms with van der Waals surface area (Å²) in [5, 5.41) is 19.0. The number of amides is 1. The zero-order valence-electron chi connectivity index (χ0n) is 17.1. The quantitative estimate of drug-likeness (QED) is 0.485. The Labute approximate surface area is 182 Å². The molecule has 160 valence electrons. The van der Waals surface area contributed by atoms with Crippen molar-refractivity contribution in [1.82, 2.24) is 19.7 Å². The van der Waals surface area contributed by atoms with Gasteiger partial charge in [0.1, 0.15) is 0 Å². The molecule has 7 rings (SSSR count). The van der Waals surface area contributed by atoms with Gasteiger partial charge in [0.25, 0.3) is 0 Å². The van der Waals surface area contributed by atoms with E-state index >= 15 is 0 Å². The topological polar surface area (TPSA) is 116 Å². The number of nitro groups is 1. The van der Waals surface area contributed by atoms with E-state index in [9.17, 15) is 14.9 Å². The van der Waals surface area contributed by atoms with Crippen molar-refractivity contribution in [1.29, 1.82) is 0 Å². The van der Waals surface area contributed by atoms with Crippen molar-refractivity contribution in [2.45, 2.75) is 51.0 Å². The number of nitrogens with zero attached hydrogens (tertiary/aromatic N) is 5. The zero-order chi connectivity index (χ0) is 21.4. The van der Waals surface area contributed by atoms with Crippen LogP contribution in [0.15, 0.2) is 24.5 Å². The van der Waals surface area contributed by atoms with Crippen molar-refractivity contribution in [3.05, 3.63) is 40.2 Å². The molecule has 0 radical (unpaired) electrons. The van der Waals surface area contributed by atoms with Gasteiger partial charge < -0.3 is 15.4 Å². The molecule has 2 unspecified atom stereocenters. The predicted octanol–water partition coefficient (Wildman–Crippen LogP) is 4.04. The molecule has 2 aromatic heterocycles. The Balaban J connectivity index is 1.32. The molecule has 4 fully saturated rings. The van der Waals surface area contributed by atoms with E-state index in [-0.39, 0.29) is 17.4 Å². The van der Waals surface area contributed by atoms with Gasteiger partial charge in [0, 0.05) is 5.10 Å². The van der Waals surface area contributed by atoms with Gasteiger partial charge in [-0.05, 0) is 79.9 Å². The number of hydrogen-bond donors (Lipinski definition) is 1. The molecule has 3 aromatic rings. The summed E-state index contributed by atoms with van der Waals surface area (Å²) >= 11 is 1.50. The Morgan fingerprint density at radius 1 is 1.29 bits per heavy atom. The number of carbonyl (C=O) groups excluding carboxylic acids is 1. The monoisotopic (exact) mass is 438 g/mol. The van der Waals surface area contributed by atoms with Crippen LogP contribution in [0.1, 0.15) is 44.1 Å². The summed E-state index contributed by atoms with van der Waals surface area (Å²) in [4.78, 5) is 32.6. The molecule has 4 aliphatic rings. The maximum atomic E-state index is 13.6. The van der Waals surface area contributed by atoms with E-state index in [1.807, 2.05) is 19.1 Å². The Bertz CT molecular complexity index is 1220. The molecule has 1 N–H and O–H groups in total. The molecule has 9 nitrogen and oxygen atoms in total. The van der Waals surface area contributed by atoms with Crippen LogP contribution in [0.4, 0.5) is 11.1 Å². The van der Waals surface area contributed by atoms with Crippen LogP contribution in [0, 0.1) is 34.3 Å². The van der Waals surface area contributed by atoms with E-state index in [1.165, 1.54) is 23.2 Å². The van der Waals surface area contributed by atoms with Crippen molar-refractivity contribution >= 4 is 38.5 Å². The van der Waals surface area contributed by atoms with Crippen LogP contribution in [0.3, 0.4) is 0 Å². The van der Waals surface area contributed by atoms with Gasteiger partial charge in [0.05, 0.1) is 21.2 Å². The second-order valence-corrected chi connectivity index (χ2v) is 10.7. The van der Waals surface area contributed by atoms with Gasteiger partial charge in [0.15, 0.2) is 5.13 Å². The number of nitrogens with one attached hydrogen (secondary N) is 1. The lowest BCUT2D eigenvalue weighted by atomic mass is 9.46. The molecule has 4 aliphatic carbocycles. The third-order valence-electron chi connectivity index (χ3n) is 7.41. The van der Waals surface area contributed by atoms with Crippen molar-refractivity contribution in [2.24, 2.45) is 17.3 Å². The standard InChI is InChI=1S/C21H22N6O3S/c1-12-2-3-15-16(4-12)31-19(23-15)24-17(28)20-6-13-5-14(7-20)9-21(8-13,10-20)26-11-22-18(25-26)27(29)30/h2-4,11,13-14H,5-10H2,1H3,(H,23,24,28). The van der Waals surface area contributed by atoms with Crippen LogP contribution in [0.5, 0.6) is 0 Å². The Kier molecular flexibility index (Phi) is 3.84. The minimum atomic E-state index is -0.561. The van der Waals surface area contributed by atoms with Crippen LogP contribution in [-0.4, -0.2) is 30.6 Å². The lowest BCUT2D eigenvalue weighted by Crippen LogP contribution is -2.60. The number of carbonyl (C=O) groups is 1. The summed E-state index contributed by atoms with van der Waals surface area (Å²) in [6, 6.07) is 6.09. The van der Waals surface area contributed by atoms with Crippen molar-refractivity contribution in [3.8, 4) is 0 Å². The first-order chi connectivity index (χ1) is 14.8. The fraction of sp³-hybridized carbons (Fsp3) is 0.524. The van der Waals surface area contributed by atoms with E-state index in [1.54, 1.807) is 4.68 Å². The average molecular weight is 439 g/mol. The molecule has 1 amide bonds. The van der Waals surface area contributed by atoms with Crippen LogP contribution >= 0.6 is 11.3 Å². The first-order valence-corrected chi connectivity index (χ1v) is 11.4. The number of aromatic nitrogens is 4. The highest BCUT2D eigenvalue weighted by molar-refractivity contribution is 7.22. The number of anilines is 1. The zero-order valence-corrected chi connectivity index (χ0v) is 17.9. The van der Waals surface area contributed by atoms with Gasteiger partial charge in [-0.1, -0.05) is 22.4 Å². The molecule has 0 spiro atoms. The molecule has 10 heteroatoms. The summed E-state index contributed by atoms with van der Waals surface area (Å²) in [6.07, 6.45) is 6.76. The Morgan fingerprint density at radius 2 is 2.06 bits per heavy atom. The first kappa shape index (κ1) is 18.9. The van der Waals surface area contributed by atoms with Gasteiger partial charge in [-0.25, -0.2) is 4.98 Å². The van der Waals surface area contributed by atoms with E-state index < -0.39 is 10.3 Å².